The maximum atomic E-state index is 12.3. The molecule has 0 radical (unpaired) electrons. The van der Waals surface area contributed by atoms with Crippen molar-refractivity contribution < 1.29 is 4.79 Å². The molecule has 7 heteroatoms. The lowest BCUT2D eigenvalue weighted by Gasteiger charge is -2.14. The molecule has 0 bridgehead atoms. The summed E-state index contributed by atoms with van der Waals surface area (Å²) in [7, 11) is 0. The van der Waals surface area contributed by atoms with Gasteiger partial charge in [0.05, 0.1) is 11.4 Å². The highest BCUT2D eigenvalue weighted by molar-refractivity contribution is 7.99. The molecule has 1 N–H and O–H groups in total. The first-order chi connectivity index (χ1) is 12.8. The van der Waals surface area contributed by atoms with Crippen molar-refractivity contribution in [1.29, 1.82) is 0 Å². The van der Waals surface area contributed by atoms with E-state index in [0.29, 0.717) is 12.2 Å². The van der Waals surface area contributed by atoms with Crippen molar-refractivity contribution in [3.8, 4) is 5.69 Å². The number of amides is 1. The van der Waals surface area contributed by atoms with Gasteiger partial charge < -0.3 is 5.32 Å². The zero-order valence-corrected chi connectivity index (χ0v) is 15.4. The molecular weight excluding hydrogens is 346 g/mol. The van der Waals surface area contributed by atoms with Crippen molar-refractivity contribution in [2.75, 3.05) is 5.32 Å². The van der Waals surface area contributed by atoms with E-state index in [4.69, 9.17) is 0 Å². The Hall–Kier alpha value is -2.67. The number of anilines is 1. The van der Waals surface area contributed by atoms with E-state index in [1.165, 1.54) is 0 Å². The van der Waals surface area contributed by atoms with Crippen LogP contribution in [0.3, 0.4) is 0 Å². The summed E-state index contributed by atoms with van der Waals surface area (Å²) in [5, 5.41) is 15.1. The molecule has 1 aromatic heterocycles. The topological polar surface area (TPSA) is 72.7 Å². The molecular formula is C19H21N5OS. The number of thioether (sulfide) groups is 1. The van der Waals surface area contributed by atoms with Crippen LogP contribution in [0.1, 0.15) is 25.6 Å². The third kappa shape index (κ3) is 4.92. The molecule has 26 heavy (non-hydrogen) atoms. The van der Waals surface area contributed by atoms with Crippen LogP contribution >= 0.6 is 11.8 Å². The van der Waals surface area contributed by atoms with Crippen LogP contribution in [0, 0.1) is 0 Å². The van der Waals surface area contributed by atoms with Crippen LogP contribution in [-0.2, 0) is 10.5 Å². The molecule has 3 aromatic rings. The minimum atomic E-state index is 0.0261. The van der Waals surface area contributed by atoms with Gasteiger partial charge >= 0.3 is 0 Å². The summed E-state index contributed by atoms with van der Waals surface area (Å²) in [4.78, 5) is 12.3. The SMILES string of the molecule is CCC(CC(=O)Nc1ccccc1)SCc1nnnn1-c1ccccc1. The molecule has 1 unspecified atom stereocenters. The summed E-state index contributed by atoms with van der Waals surface area (Å²) >= 11 is 1.70. The van der Waals surface area contributed by atoms with E-state index in [0.717, 1.165) is 23.6 Å². The predicted octanol–water partition coefficient (Wildman–Crippen LogP) is 3.70. The van der Waals surface area contributed by atoms with Gasteiger partial charge in [-0.3, -0.25) is 4.79 Å². The van der Waals surface area contributed by atoms with Gasteiger partial charge in [-0.05, 0) is 41.1 Å². The zero-order valence-electron chi connectivity index (χ0n) is 14.6. The number of tetrazole rings is 1. The van der Waals surface area contributed by atoms with Gasteiger partial charge in [-0.25, -0.2) is 0 Å². The first-order valence-corrected chi connectivity index (χ1v) is 9.60. The summed E-state index contributed by atoms with van der Waals surface area (Å²) in [5.74, 6) is 1.46. The number of hydrogen-bond acceptors (Lipinski definition) is 5. The summed E-state index contributed by atoms with van der Waals surface area (Å²) < 4.78 is 1.74. The van der Waals surface area contributed by atoms with Gasteiger partial charge in [-0.2, -0.15) is 4.68 Å². The third-order valence-corrected chi connectivity index (χ3v) is 5.31. The Kier molecular flexibility index (Phi) is 6.38. The van der Waals surface area contributed by atoms with E-state index in [9.17, 15) is 4.79 Å². The van der Waals surface area contributed by atoms with Gasteiger partial charge in [-0.1, -0.05) is 43.3 Å². The molecule has 1 atom stereocenters. The minimum Gasteiger partial charge on any atom is -0.326 e. The standard InChI is InChI=1S/C19H21N5OS/c1-2-17(13-19(25)20-15-9-5-3-6-10-15)26-14-18-21-22-23-24(18)16-11-7-4-8-12-16/h3-12,17H,2,13-14H2,1H3,(H,20,25). The van der Waals surface area contributed by atoms with Crippen molar-refractivity contribution in [1.82, 2.24) is 20.2 Å². The van der Waals surface area contributed by atoms with Crippen LogP contribution in [0.25, 0.3) is 5.69 Å². The van der Waals surface area contributed by atoms with Crippen molar-refractivity contribution in [2.45, 2.75) is 30.8 Å². The van der Waals surface area contributed by atoms with Crippen LogP contribution < -0.4 is 5.32 Å². The Morgan fingerprint density at radius 2 is 1.81 bits per heavy atom. The first-order valence-electron chi connectivity index (χ1n) is 8.55. The van der Waals surface area contributed by atoms with Crippen LogP contribution in [-0.4, -0.2) is 31.4 Å². The maximum absolute atomic E-state index is 12.3. The lowest BCUT2D eigenvalue weighted by Crippen LogP contribution is -2.18. The monoisotopic (exact) mass is 367 g/mol. The predicted molar refractivity (Wildman–Crippen MR) is 104 cm³/mol. The number of nitrogens with one attached hydrogen (secondary N) is 1. The lowest BCUT2D eigenvalue weighted by atomic mass is 10.2. The summed E-state index contributed by atoms with van der Waals surface area (Å²) in [6.45, 7) is 2.09. The van der Waals surface area contributed by atoms with E-state index in [2.05, 4.69) is 27.8 Å². The smallest absolute Gasteiger partial charge is 0.225 e. The van der Waals surface area contributed by atoms with Crippen molar-refractivity contribution in [3.63, 3.8) is 0 Å². The van der Waals surface area contributed by atoms with Crippen molar-refractivity contribution >= 4 is 23.4 Å². The molecule has 1 amide bonds. The molecule has 0 saturated carbocycles. The number of carbonyl (C=O) groups excluding carboxylic acids is 1. The Morgan fingerprint density at radius 1 is 1.12 bits per heavy atom. The number of carbonyl (C=O) groups is 1. The van der Waals surface area contributed by atoms with Gasteiger partial charge in [0.25, 0.3) is 0 Å². The number of benzene rings is 2. The van der Waals surface area contributed by atoms with E-state index < -0.39 is 0 Å². The van der Waals surface area contributed by atoms with Gasteiger partial charge in [0.2, 0.25) is 5.91 Å². The molecule has 3 rings (SSSR count). The highest BCUT2D eigenvalue weighted by atomic mass is 32.2. The third-order valence-electron chi connectivity index (χ3n) is 3.91. The zero-order chi connectivity index (χ0) is 18.2. The summed E-state index contributed by atoms with van der Waals surface area (Å²) in [6, 6.07) is 19.3. The number of hydrogen-bond donors (Lipinski definition) is 1. The van der Waals surface area contributed by atoms with Gasteiger partial charge in [0, 0.05) is 17.4 Å². The van der Waals surface area contributed by atoms with Crippen LogP contribution in [0.15, 0.2) is 60.7 Å². The Bertz CT molecular complexity index is 822. The Morgan fingerprint density at radius 3 is 2.50 bits per heavy atom. The normalized spacial score (nSPS) is 11.9. The van der Waals surface area contributed by atoms with Crippen molar-refractivity contribution in [3.05, 3.63) is 66.5 Å². The summed E-state index contributed by atoms with van der Waals surface area (Å²) in [5.41, 5.74) is 1.76. The molecule has 0 fully saturated rings. The highest BCUT2D eigenvalue weighted by Crippen LogP contribution is 2.23. The molecule has 6 nitrogen and oxygen atoms in total. The van der Waals surface area contributed by atoms with Crippen LogP contribution in [0.5, 0.6) is 0 Å². The van der Waals surface area contributed by atoms with E-state index >= 15 is 0 Å². The van der Waals surface area contributed by atoms with E-state index in [1.807, 2.05) is 60.7 Å². The molecule has 2 aromatic carbocycles. The fourth-order valence-corrected chi connectivity index (χ4v) is 3.59. The molecule has 0 spiro atoms. The molecule has 1 heterocycles. The number of aromatic nitrogens is 4. The molecule has 0 saturated heterocycles. The van der Waals surface area contributed by atoms with Gasteiger partial charge in [0.1, 0.15) is 0 Å². The molecule has 134 valence electrons. The number of nitrogens with zero attached hydrogens (tertiary/aromatic N) is 4. The quantitative estimate of drug-likeness (QED) is 0.657. The highest BCUT2D eigenvalue weighted by Gasteiger charge is 2.16. The van der Waals surface area contributed by atoms with Gasteiger partial charge in [0.15, 0.2) is 5.82 Å². The average Bonchev–Trinajstić information content (AvgIpc) is 3.15. The number of para-hydroxylation sites is 2. The Labute approximate surface area is 157 Å². The lowest BCUT2D eigenvalue weighted by molar-refractivity contribution is -0.116. The Balaban J connectivity index is 1.56. The first kappa shape index (κ1) is 18.1. The van der Waals surface area contributed by atoms with E-state index in [1.54, 1.807) is 16.4 Å². The number of rotatable bonds is 8. The minimum absolute atomic E-state index is 0.0261. The van der Waals surface area contributed by atoms with Gasteiger partial charge in [-0.15, -0.1) is 16.9 Å². The fraction of sp³-hybridized carbons (Fsp3) is 0.263. The summed E-state index contributed by atoms with van der Waals surface area (Å²) in [6.07, 6.45) is 1.36. The second kappa shape index (κ2) is 9.15. The fourth-order valence-electron chi connectivity index (χ4n) is 2.52. The molecule has 0 aliphatic carbocycles. The van der Waals surface area contributed by atoms with E-state index in [-0.39, 0.29) is 11.2 Å². The second-order valence-electron chi connectivity index (χ2n) is 5.80. The molecule has 0 aliphatic heterocycles. The molecule has 0 aliphatic rings. The van der Waals surface area contributed by atoms with Crippen molar-refractivity contribution in [2.24, 2.45) is 0 Å². The van der Waals surface area contributed by atoms with Crippen LogP contribution in [0.2, 0.25) is 0 Å². The second-order valence-corrected chi connectivity index (χ2v) is 7.09. The maximum Gasteiger partial charge on any atom is 0.225 e. The largest absolute Gasteiger partial charge is 0.326 e. The average molecular weight is 367 g/mol. The van der Waals surface area contributed by atoms with Crippen LogP contribution in [0.4, 0.5) is 5.69 Å².